The molecule has 0 spiro atoms. The van der Waals surface area contributed by atoms with Gasteiger partial charge in [0.15, 0.2) is 0 Å². The standard InChI is InChI=1S/4ClHO2S.4K/c4*1-4(2)3;;;;/h4*(H,2,3);;;;/q;;;;4*+1/p-4. The van der Waals surface area contributed by atoms with Crippen LogP contribution in [-0.4, -0.2) is 35.0 Å². The first-order valence-electron chi connectivity index (χ1n) is 1.95. The predicted octanol–water partition coefficient (Wildman–Crippen LogP) is -11.9. The quantitative estimate of drug-likeness (QED) is 0.162. The van der Waals surface area contributed by atoms with Gasteiger partial charge in [-0.05, 0) is 42.7 Å². The summed E-state index contributed by atoms with van der Waals surface area (Å²) in [4.78, 5) is 0. The van der Waals surface area contributed by atoms with Gasteiger partial charge in [-0.3, -0.25) is 16.8 Å². The molecule has 0 radical (unpaired) electrons. The van der Waals surface area contributed by atoms with E-state index in [1.165, 1.54) is 0 Å². The van der Waals surface area contributed by atoms with Gasteiger partial charge in [0, 0.05) is 41.2 Å². The average molecular weight is 554 g/mol. The van der Waals surface area contributed by atoms with Crippen molar-refractivity contribution < 1.29 is 241 Å². The van der Waals surface area contributed by atoms with Crippen LogP contribution in [0.4, 0.5) is 0 Å². The van der Waals surface area contributed by atoms with Crippen LogP contribution in [0.25, 0.3) is 0 Å². The van der Waals surface area contributed by atoms with Gasteiger partial charge in [0.25, 0.3) is 0 Å². The normalized spacial score (nSPS) is 12.4. The van der Waals surface area contributed by atoms with E-state index in [1.807, 2.05) is 0 Å². The molecular formula is Cl4K4O8S4. The molecule has 8 nitrogen and oxygen atoms in total. The molecule has 0 bridgehead atoms. The molecule has 0 N–H and O–H groups in total. The van der Waals surface area contributed by atoms with Crippen LogP contribution in [0.2, 0.25) is 0 Å². The van der Waals surface area contributed by atoms with Crippen LogP contribution in [0.5, 0.6) is 0 Å². The predicted molar refractivity (Wildman–Crippen MR) is 59.1 cm³/mol. The summed E-state index contributed by atoms with van der Waals surface area (Å²) in [6.45, 7) is 0. The first kappa shape index (κ1) is 51.1. The molecular weight excluding hydrogens is 554 g/mol. The molecule has 20 heteroatoms. The van der Waals surface area contributed by atoms with Gasteiger partial charge in [0.2, 0.25) is 0 Å². The number of hydrogen-bond donors (Lipinski definition) is 0. The molecule has 0 fully saturated rings. The molecule has 0 amide bonds. The third-order valence-electron chi connectivity index (χ3n) is 0. The van der Waals surface area contributed by atoms with Gasteiger partial charge in [-0.15, -0.1) is 0 Å². The van der Waals surface area contributed by atoms with Crippen LogP contribution in [0.3, 0.4) is 0 Å². The summed E-state index contributed by atoms with van der Waals surface area (Å²) in [6, 6.07) is 0. The molecule has 0 aliphatic heterocycles. The second kappa shape index (κ2) is 45.7. The van der Waals surface area contributed by atoms with Crippen molar-refractivity contribution in [3.05, 3.63) is 0 Å². The van der Waals surface area contributed by atoms with Gasteiger partial charge in [-0.1, -0.05) is 0 Å². The van der Waals surface area contributed by atoms with Crippen molar-refractivity contribution in [2.75, 3.05) is 0 Å². The summed E-state index contributed by atoms with van der Waals surface area (Å²) in [6.07, 6.45) is 0. The van der Waals surface area contributed by atoms with Gasteiger partial charge in [-0.2, -0.15) is 0 Å². The molecule has 0 aliphatic rings. The molecule has 0 saturated heterocycles. The number of halogens is 4. The van der Waals surface area contributed by atoms with Gasteiger partial charge >= 0.3 is 206 Å². The number of rotatable bonds is 0. The van der Waals surface area contributed by atoms with Crippen molar-refractivity contribution in [1.29, 1.82) is 0 Å². The van der Waals surface area contributed by atoms with Crippen molar-refractivity contribution in [1.82, 2.24) is 0 Å². The minimum absolute atomic E-state index is 0. The van der Waals surface area contributed by atoms with Crippen LogP contribution in [0.15, 0.2) is 0 Å². The smallest absolute Gasteiger partial charge is 0.760 e. The summed E-state index contributed by atoms with van der Waals surface area (Å²) in [5, 5.41) is 0. The molecule has 0 aromatic carbocycles. The van der Waals surface area contributed by atoms with Crippen LogP contribution in [-0.2, 0) is 41.2 Å². The Kier molecular flexibility index (Phi) is 117. The molecule has 0 aromatic heterocycles. The SMILES string of the molecule is O=S([O-])Cl.O=S([O-])Cl.O=S([O-])Cl.O=S([O-])Cl.[K+].[K+].[K+].[K+]. The van der Waals surface area contributed by atoms with E-state index in [0.717, 1.165) is 0 Å². The zero-order valence-corrected chi connectivity index (χ0v) is 29.2. The van der Waals surface area contributed by atoms with E-state index in [2.05, 4.69) is 42.7 Å². The Labute approximate surface area is 314 Å². The van der Waals surface area contributed by atoms with E-state index in [4.69, 9.17) is 35.0 Å². The Morgan fingerprint density at radius 1 is 0.450 bits per heavy atom. The first-order valence-corrected chi connectivity index (χ1v) is 9.55. The van der Waals surface area contributed by atoms with Crippen LogP contribution in [0, 0.1) is 0 Å². The Bertz CT molecular complexity index is 179. The van der Waals surface area contributed by atoms with E-state index in [-0.39, 0.29) is 206 Å². The summed E-state index contributed by atoms with van der Waals surface area (Å²) in [7, 11) is 7.21. The maximum absolute atomic E-state index is 8.77. The van der Waals surface area contributed by atoms with Crippen LogP contribution >= 0.6 is 42.7 Å². The largest absolute Gasteiger partial charge is 1.00 e. The molecule has 0 aromatic rings. The third kappa shape index (κ3) is 249. The monoisotopic (exact) mass is 552 g/mol. The maximum Gasteiger partial charge on any atom is 1.00 e. The maximum atomic E-state index is 8.77. The zero-order valence-electron chi connectivity index (χ0n) is 10.4. The second-order valence-electron chi connectivity index (χ2n) is 0.776. The van der Waals surface area contributed by atoms with E-state index in [0.29, 0.717) is 0 Å². The van der Waals surface area contributed by atoms with Crippen molar-refractivity contribution in [3.8, 4) is 0 Å². The number of hydrogen-bond acceptors (Lipinski definition) is 8. The van der Waals surface area contributed by atoms with Crippen molar-refractivity contribution in [2.24, 2.45) is 0 Å². The van der Waals surface area contributed by atoms with E-state index in [1.54, 1.807) is 0 Å². The molecule has 4 unspecified atom stereocenters. The van der Waals surface area contributed by atoms with Crippen molar-refractivity contribution >= 4 is 83.9 Å². The third-order valence-corrected chi connectivity index (χ3v) is 0. The van der Waals surface area contributed by atoms with E-state index >= 15 is 0 Å². The molecule has 20 heavy (non-hydrogen) atoms. The average Bonchev–Trinajstić information content (AvgIpc) is 1.76. The fourth-order valence-electron chi connectivity index (χ4n) is 0. The fourth-order valence-corrected chi connectivity index (χ4v) is 0. The molecule has 0 heterocycles. The minimum atomic E-state index is -2.39. The molecule has 0 rings (SSSR count). The summed E-state index contributed by atoms with van der Waals surface area (Å²) in [5.41, 5.74) is 0. The Morgan fingerprint density at radius 2 is 0.450 bits per heavy atom. The molecule has 0 aliphatic carbocycles. The van der Waals surface area contributed by atoms with E-state index in [9.17, 15) is 0 Å². The van der Waals surface area contributed by atoms with Gasteiger partial charge in [0.1, 0.15) is 0 Å². The zero-order chi connectivity index (χ0) is 14.3. The van der Waals surface area contributed by atoms with Crippen molar-refractivity contribution in [3.63, 3.8) is 0 Å². The topological polar surface area (TPSA) is 161 Å². The Balaban J connectivity index is -0.0000000150. The van der Waals surface area contributed by atoms with Crippen LogP contribution < -0.4 is 206 Å². The van der Waals surface area contributed by atoms with Crippen molar-refractivity contribution in [2.45, 2.75) is 0 Å². The van der Waals surface area contributed by atoms with Gasteiger partial charge in [0.05, 0.1) is 0 Å². The summed E-state index contributed by atoms with van der Waals surface area (Å²) in [5.74, 6) is 0. The second-order valence-corrected chi connectivity index (χ2v) is 5.35. The minimum Gasteiger partial charge on any atom is -0.760 e. The summed E-state index contributed by atoms with van der Waals surface area (Å²) >= 11 is 0. The van der Waals surface area contributed by atoms with E-state index < -0.39 is 41.2 Å². The Hall–Kier alpha value is 8.15. The van der Waals surface area contributed by atoms with Crippen LogP contribution in [0.1, 0.15) is 0 Å². The molecule has 0 saturated carbocycles. The molecule has 4 atom stereocenters. The Morgan fingerprint density at radius 3 is 0.450 bits per heavy atom. The van der Waals surface area contributed by atoms with Gasteiger partial charge < -0.3 is 18.2 Å². The van der Waals surface area contributed by atoms with Gasteiger partial charge in [-0.25, -0.2) is 0 Å². The summed E-state index contributed by atoms with van der Waals surface area (Å²) < 4.78 is 70.1. The fraction of sp³-hybridized carbons (Fsp3) is 0. The molecule has 104 valence electrons. The first-order chi connectivity index (χ1) is 6.93.